The number of rotatable bonds is 6. The van der Waals surface area contributed by atoms with Crippen LogP contribution in [0.3, 0.4) is 0 Å². The molecule has 110 valence electrons. The lowest BCUT2D eigenvalue weighted by Crippen LogP contribution is -1.95. The van der Waals surface area contributed by atoms with Crippen LogP contribution in [0.4, 0.5) is 0 Å². The normalized spacial score (nSPS) is 11.5. The standard InChI is InChI=1S/C19H21BrO/c1-3-4-5-9-19(16-10-12-17(20)13-11-16)21-18-8-6-7-15(2)14-18/h6-14H,3-5H2,1-2H3/b19-9-. The van der Waals surface area contributed by atoms with Gasteiger partial charge in [-0.05, 0) is 55.7 Å². The number of aryl methyl sites for hydroxylation is 1. The molecule has 0 spiro atoms. The summed E-state index contributed by atoms with van der Waals surface area (Å²) < 4.78 is 7.19. The van der Waals surface area contributed by atoms with Gasteiger partial charge in [0.2, 0.25) is 0 Å². The van der Waals surface area contributed by atoms with E-state index in [1.807, 2.05) is 24.3 Å². The van der Waals surface area contributed by atoms with Crippen LogP contribution in [0.5, 0.6) is 5.75 Å². The zero-order valence-electron chi connectivity index (χ0n) is 12.6. The van der Waals surface area contributed by atoms with Crippen molar-refractivity contribution >= 4 is 21.7 Å². The summed E-state index contributed by atoms with van der Waals surface area (Å²) in [5.41, 5.74) is 2.31. The Morgan fingerprint density at radius 2 is 1.90 bits per heavy atom. The summed E-state index contributed by atoms with van der Waals surface area (Å²) in [6, 6.07) is 16.4. The second kappa shape index (κ2) is 8.04. The minimum absolute atomic E-state index is 0.890. The van der Waals surface area contributed by atoms with Crippen LogP contribution in [0.2, 0.25) is 0 Å². The van der Waals surface area contributed by atoms with E-state index in [4.69, 9.17) is 4.74 Å². The maximum Gasteiger partial charge on any atom is 0.130 e. The van der Waals surface area contributed by atoms with E-state index in [0.29, 0.717) is 0 Å². The smallest absolute Gasteiger partial charge is 0.130 e. The van der Waals surface area contributed by atoms with Crippen LogP contribution in [0.15, 0.2) is 59.1 Å². The first-order chi connectivity index (χ1) is 10.2. The largest absolute Gasteiger partial charge is 0.457 e. The summed E-state index contributed by atoms with van der Waals surface area (Å²) in [4.78, 5) is 0. The molecule has 0 saturated heterocycles. The number of benzene rings is 2. The fourth-order valence-corrected chi connectivity index (χ4v) is 2.34. The van der Waals surface area contributed by atoms with Gasteiger partial charge >= 0.3 is 0 Å². The van der Waals surface area contributed by atoms with Crippen molar-refractivity contribution < 1.29 is 4.74 Å². The molecule has 0 aromatic heterocycles. The first-order valence-corrected chi connectivity index (χ1v) is 8.19. The minimum Gasteiger partial charge on any atom is -0.457 e. The molecule has 0 saturated carbocycles. The number of unbranched alkanes of at least 4 members (excludes halogenated alkanes) is 2. The van der Waals surface area contributed by atoms with Crippen LogP contribution in [0.1, 0.15) is 37.3 Å². The van der Waals surface area contributed by atoms with Gasteiger partial charge in [0.1, 0.15) is 11.5 Å². The Kier molecular flexibility index (Phi) is 6.06. The summed E-state index contributed by atoms with van der Waals surface area (Å²) >= 11 is 3.47. The van der Waals surface area contributed by atoms with Gasteiger partial charge in [-0.2, -0.15) is 0 Å². The van der Waals surface area contributed by atoms with Crippen LogP contribution in [-0.2, 0) is 0 Å². The molecule has 0 aliphatic rings. The van der Waals surface area contributed by atoms with Gasteiger partial charge in [0.05, 0.1) is 0 Å². The van der Waals surface area contributed by atoms with Gasteiger partial charge in [-0.3, -0.25) is 0 Å². The highest BCUT2D eigenvalue weighted by molar-refractivity contribution is 9.10. The average Bonchev–Trinajstić information content (AvgIpc) is 2.47. The summed E-state index contributed by atoms with van der Waals surface area (Å²) in [6.07, 6.45) is 5.59. The predicted octanol–water partition coefficient (Wildman–Crippen LogP) is 6.37. The quantitative estimate of drug-likeness (QED) is 0.437. The first kappa shape index (κ1) is 15.8. The van der Waals surface area contributed by atoms with Crippen LogP contribution in [0.25, 0.3) is 5.76 Å². The molecule has 21 heavy (non-hydrogen) atoms. The third-order valence-corrected chi connectivity index (χ3v) is 3.76. The molecule has 0 bridgehead atoms. The fourth-order valence-electron chi connectivity index (χ4n) is 2.08. The molecule has 2 heteroatoms. The summed E-state index contributed by atoms with van der Waals surface area (Å²) in [5.74, 6) is 1.82. The molecule has 0 radical (unpaired) electrons. The maximum atomic E-state index is 6.11. The van der Waals surface area contributed by atoms with E-state index in [9.17, 15) is 0 Å². The van der Waals surface area contributed by atoms with E-state index in [2.05, 4.69) is 60.1 Å². The van der Waals surface area contributed by atoms with Crippen LogP contribution >= 0.6 is 15.9 Å². The highest BCUT2D eigenvalue weighted by Gasteiger charge is 2.05. The molecule has 2 aromatic carbocycles. The van der Waals surface area contributed by atoms with Crippen molar-refractivity contribution in [2.24, 2.45) is 0 Å². The zero-order valence-corrected chi connectivity index (χ0v) is 14.2. The Bertz CT molecular complexity index is 599. The minimum atomic E-state index is 0.890. The maximum absolute atomic E-state index is 6.11. The van der Waals surface area contributed by atoms with Gasteiger partial charge in [0.25, 0.3) is 0 Å². The second-order valence-corrected chi connectivity index (χ2v) is 6.05. The van der Waals surface area contributed by atoms with E-state index < -0.39 is 0 Å². The third-order valence-electron chi connectivity index (χ3n) is 3.23. The van der Waals surface area contributed by atoms with E-state index in [0.717, 1.165) is 28.0 Å². The Labute approximate surface area is 135 Å². The molecule has 0 atom stereocenters. The summed E-state index contributed by atoms with van der Waals surface area (Å²) in [5, 5.41) is 0. The number of hydrogen-bond acceptors (Lipinski definition) is 1. The molecule has 0 fully saturated rings. The van der Waals surface area contributed by atoms with Crippen molar-refractivity contribution in [3.05, 3.63) is 70.2 Å². The molecule has 0 heterocycles. The van der Waals surface area contributed by atoms with Crippen molar-refractivity contribution in [3.8, 4) is 5.75 Å². The zero-order chi connectivity index (χ0) is 15.1. The molecule has 1 nitrogen and oxygen atoms in total. The van der Waals surface area contributed by atoms with Gasteiger partial charge in [-0.15, -0.1) is 0 Å². The van der Waals surface area contributed by atoms with E-state index in [1.54, 1.807) is 0 Å². The Hall–Kier alpha value is -1.54. The van der Waals surface area contributed by atoms with Crippen molar-refractivity contribution in [1.82, 2.24) is 0 Å². The first-order valence-electron chi connectivity index (χ1n) is 7.39. The monoisotopic (exact) mass is 344 g/mol. The lowest BCUT2D eigenvalue weighted by atomic mass is 10.1. The SMILES string of the molecule is CCCC/C=C(\Oc1cccc(C)c1)c1ccc(Br)cc1. The topological polar surface area (TPSA) is 9.23 Å². The number of halogens is 1. The second-order valence-electron chi connectivity index (χ2n) is 5.14. The Morgan fingerprint density at radius 3 is 2.57 bits per heavy atom. The molecule has 2 rings (SSSR count). The summed E-state index contributed by atoms with van der Waals surface area (Å²) in [7, 11) is 0. The lowest BCUT2D eigenvalue weighted by molar-refractivity contribution is 0.511. The van der Waals surface area contributed by atoms with Crippen LogP contribution in [-0.4, -0.2) is 0 Å². The van der Waals surface area contributed by atoms with Crippen molar-refractivity contribution in [2.75, 3.05) is 0 Å². The van der Waals surface area contributed by atoms with Gasteiger partial charge < -0.3 is 4.74 Å². The Morgan fingerprint density at radius 1 is 1.14 bits per heavy atom. The number of hydrogen-bond donors (Lipinski definition) is 0. The van der Waals surface area contributed by atoms with Crippen molar-refractivity contribution in [3.63, 3.8) is 0 Å². The number of allylic oxidation sites excluding steroid dienone is 1. The van der Waals surface area contributed by atoms with Gasteiger partial charge in [-0.25, -0.2) is 0 Å². The van der Waals surface area contributed by atoms with Crippen LogP contribution < -0.4 is 4.74 Å². The highest BCUT2D eigenvalue weighted by atomic mass is 79.9. The van der Waals surface area contributed by atoms with Crippen molar-refractivity contribution in [1.29, 1.82) is 0 Å². The molecule has 0 amide bonds. The predicted molar refractivity (Wildman–Crippen MR) is 93.5 cm³/mol. The molecule has 0 aliphatic heterocycles. The summed E-state index contributed by atoms with van der Waals surface area (Å²) in [6.45, 7) is 4.28. The lowest BCUT2D eigenvalue weighted by Gasteiger charge is -2.11. The van der Waals surface area contributed by atoms with Crippen LogP contribution in [0, 0.1) is 6.92 Å². The molecule has 0 N–H and O–H groups in total. The van der Waals surface area contributed by atoms with Gasteiger partial charge in [-0.1, -0.05) is 53.5 Å². The van der Waals surface area contributed by atoms with E-state index >= 15 is 0 Å². The third kappa shape index (κ3) is 5.05. The number of ether oxygens (including phenoxy) is 1. The molecular formula is C19H21BrO. The van der Waals surface area contributed by atoms with Gasteiger partial charge in [0, 0.05) is 10.0 Å². The fraction of sp³-hybridized carbons (Fsp3) is 0.263. The Balaban J connectivity index is 2.23. The van der Waals surface area contributed by atoms with Gasteiger partial charge in [0.15, 0.2) is 0 Å². The highest BCUT2D eigenvalue weighted by Crippen LogP contribution is 2.24. The molecule has 0 aliphatic carbocycles. The molecule has 0 unspecified atom stereocenters. The van der Waals surface area contributed by atoms with E-state index in [1.165, 1.54) is 18.4 Å². The van der Waals surface area contributed by atoms with E-state index in [-0.39, 0.29) is 0 Å². The molecular weight excluding hydrogens is 324 g/mol. The molecule has 2 aromatic rings. The van der Waals surface area contributed by atoms with Crippen molar-refractivity contribution in [2.45, 2.75) is 33.1 Å². The average molecular weight is 345 g/mol.